The molecule has 1 fully saturated rings. The number of amides is 1. The van der Waals surface area contributed by atoms with Crippen molar-refractivity contribution in [2.24, 2.45) is 0 Å². The molecule has 1 aliphatic rings. The van der Waals surface area contributed by atoms with Crippen LogP contribution in [0.5, 0.6) is 0 Å². The number of carbonyl (C=O) groups excluding carboxylic acids is 1. The van der Waals surface area contributed by atoms with E-state index in [9.17, 15) is 4.79 Å². The highest BCUT2D eigenvalue weighted by molar-refractivity contribution is 5.90. The molecule has 1 aromatic carbocycles. The predicted octanol–water partition coefficient (Wildman–Crippen LogP) is 2.02. The Morgan fingerprint density at radius 2 is 2.00 bits per heavy atom. The lowest BCUT2D eigenvalue weighted by atomic mass is 9.96. The predicted molar refractivity (Wildman–Crippen MR) is 70.4 cm³/mol. The van der Waals surface area contributed by atoms with Crippen molar-refractivity contribution >= 4 is 11.6 Å². The molecular weight excluding hydrogens is 212 g/mol. The van der Waals surface area contributed by atoms with Gasteiger partial charge in [-0.1, -0.05) is 12.1 Å². The lowest BCUT2D eigenvalue weighted by molar-refractivity contribution is -0.126. The molecule has 1 N–H and O–H groups in total. The Labute approximate surface area is 103 Å². The fraction of sp³-hybridized carbons (Fsp3) is 0.500. The third kappa shape index (κ3) is 1.90. The van der Waals surface area contributed by atoms with Crippen molar-refractivity contribution in [2.45, 2.75) is 33.2 Å². The maximum Gasteiger partial charge on any atom is 0.245 e. The van der Waals surface area contributed by atoms with Gasteiger partial charge in [0.15, 0.2) is 0 Å². The topological polar surface area (TPSA) is 32.3 Å². The van der Waals surface area contributed by atoms with Crippen molar-refractivity contribution in [1.29, 1.82) is 0 Å². The van der Waals surface area contributed by atoms with Gasteiger partial charge in [-0.3, -0.25) is 4.79 Å². The maximum atomic E-state index is 11.9. The summed E-state index contributed by atoms with van der Waals surface area (Å²) in [6.45, 7) is 9.76. The number of piperazine rings is 1. The Morgan fingerprint density at radius 3 is 2.71 bits per heavy atom. The van der Waals surface area contributed by atoms with Crippen LogP contribution in [0, 0.1) is 13.8 Å². The number of nitrogens with zero attached hydrogens (tertiary/aromatic N) is 1. The molecule has 17 heavy (non-hydrogen) atoms. The molecule has 0 atom stereocenters. The van der Waals surface area contributed by atoms with Crippen molar-refractivity contribution in [2.75, 3.05) is 18.0 Å². The highest BCUT2D eigenvalue weighted by Gasteiger charge is 2.38. The first-order chi connectivity index (χ1) is 7.94. The van der Waals surface area contributed by atoms with Gasteiger partial charge in [-0.25, -0.2) is 0 Å². The Bertz CT molecular complexity index is 452. The van der Waals surface area contributed by atoms with Gasteiger partial charge in [-0.15, -0.1) is 0 Å². The van der Waals surface area contributed by atoms with Crippen LogP contribution in [0.3, 0.4) is 0 Å². The van der Waals surface area contributed by atoms with E-state index >= 15 is 0 Å². The summed E-state index contributed by atoms with van der Waals surface area (Å²) in [5, 5.41) is 2.93. The second kappa shape index (κ2) is 4.06. The minimum Gasteiger partial charge on any atom is -0.356 e. The van der Waals surface area contributed by atoms with E-state index in [1.165, 1.54) is 16.8 Å². The lowest BCUT2D eigenvalue weighted by Gasteiger charge is -2.43. The zero-order valence-corrected chi connectivity index (χ0v) is 11.0. The molecule has 3 nitrogen and oxygen atoms in total. The maximum absolute atomic E-state index is 11.9. The van der Waals surface area contributed by atoms with Crippen molar-refractivity contribution in [1.82, 2.24) is 5.32 Å². The smallest absolute Gasteiger partial charge is 0.245 e. The van der Waals surface area contributed by atoms with Crippen LogP contribution in [0.15, 0.2) is 18.2 Å². The number of rotatable bonds is 1. The first kappa shape index (κ1) is 12.0. The van der Waals surface area contributed by atoms with E-state index in [2.05, 4.69) is 42.3 Å². The summed E-state index contributed by atoms with van der Waals surface area (Å²) >= 11 is 0. The third-order valence-corrected chi connectivity index (χ3v) is 3.72. The van der Waals surface area contributed by atoms with Crippen molar-refractivity contribution in [3.05, 3.63) is 29.3 Å². The van der Waals surface area contributed by atoms with E-state index in [-0.39, 0.29) is 5.91 Å². The molecule has 1 saturated heterocycles. The highest BCUT2D eigenvalue weighted by atomic mass is 16.2. The minimum absolute atomic E-state index is 0.102. The monoisotopic (exact) mass is 232 g/mol. The molecule has 0 unspecified atom stereocenters. The normalized spacial score (nSPS) is 19.1. The fourth-order valence-electron chi connectivity index (χ4n) is 2.35. The van der Waals surface area contributed by atoms with Gasteiger partial charge in [0.2, 0.25) is 5.91 Å². The SMILES string of the molecule is Cc1cccc(N2CCNC(=O)C2(C)C)c1C. The zero-order valence-electron chi connectivity index (χ0n) is 11.0. The first-order valence-electron chi connectivity index (χ1n) is 6.07. The first-order valence-corrected chi connectivity index (χ1v) is 6.07. The van der Waals surface area contributed by atoms with Crippen LogP contribution >= 0.6 is 0 Å². The van der Waals surface area contributed by atoms with Crippen LogP contribution in [0.4, 0.5) is 5.69 Å². The Kier molecular flexibility index (Phi) is 2.86. The molecule has 2 rings (SSSR count). The average molecular weight is 232 g/mol. The summed E-state index contributed by atoms with van der Waals surface area (Å²) in [4.78, 5) is 14.1. The van der Waals surface area contributed by atoms with Gasteiger partial charge in [0.1, 0.15) is 5.54 Å². The molecule has 1 heterocycles. The summed E-state index contributed by atoms with van der Waals surface area (Å²) in [6, 6.07) is 6.26. The van der Waals surface area contributed by atoms with Gasteiger partial charge >= 0.3 is 0 Å². The quantitative estimate of drug-likeness (QED) is 0.803. The summed E-state index contributed by atoms with van der Waals surface area (Å²) in [5.41, 5.74) is 3.22. The highest BCUT2D eigenvalue weighted by Crippen LogP contribution is 2.30. The molecule has 0 bridgehead atoms. The van der Waals surface area contributed by atoms with Crippen LogP contribution in [-0.4, -0.2) is 24.5 Å². The van der Waals surface area contributed by atoms with Crippen molar-refractivity contribution in [3.63, 3.8) is 0 Å². The van der Waals surface area contributed by atoms with Crippen molar-refractivity contribution in [3.8, 4) is 0 Å². The summed E-state index contributed by atoms with van der Waals surface area (Å²) < 4.78 is 0. The number of benzene rings is 1. The van der Waals surface area contributed by atoms with E-state index in [4.69, 9.17) is 0 Å². The second-order valence-electron chi connectivity index (χ2n) is 5.19. The molecule has 92 valence electrons. The number of aryl methyl sites for hydroxylation is 1. The lowest BCUT2D eigenvalue weighted by Crippen LogP contribution is -2.62. The van der Waals surface area contributed by atoms with Gasteiger partial charge in [-0.2, -0.15) is 0 Å². The summed E-state index contributed by atoms with van der Waals surface area (Å²) in [5.74, 6) is 0.102. The van der Waals surface area contributed by atoms with Crippen LogP contribution in [0.2, 0.25) is 0 Å². The fourth-order valence-corrected chi connectivity index (χ4v) is 2.35. The summed E-state index contributed by atoms with van der Waals surface area (Å²) in [6.07, 6.45) is 0. The van der Waals surface area contributed by atoms with Gasteiger partial charge in [-0.05, 0) is 44.9 Å². The Hall–Kier alpha value is -1.51. The van der Waals surface area contributed by atoms with Gasteiger partial charge in [0.05, 0.1) is 0 Å². The number of anilines is 1. The second-order valence-corrected chi connectivity index (χ2v) is 5.19. The minimum atomic E-state index is -0.475. The zero-order chi connectivity index (χ0) is 12.6. The number of nitrogens with one attached hydrogen (secondary N) is 1. The average Bonchev–Trinajstić information content (AvgIpc) is 2.27. The van der Waals surface area contributed by atoms with Gasteiger partial charge < -0.3 is 10.2 Å². The van der Waals surface area contributed by atoms with Gasteiger partial charge in [0.25, 0.3) is 0 Å². The van der Waals surface area contributed by atoms with Crippen molar-refractivity contribution < 1.29 is 4.79 Å². The Balaban J connectivity index is 2.45. The largest absolute Gasteiger partial charge is 0.356 e. The van der Waals surface area contributed by atoms with Crippen LogP contribution in [0.25, 0.3) is 0 Å². The molecule has 0 aliphatic carbocycles. The molecule has 1 amide bonds. The molecule has 3 heteroatoms. The van der Waals surface area contributed by atoms with E-state index < -0.39 is 5.54 Å². The van der Waals surface area contributed by atoms with Crippen LogP contribution in [0.1, 0.15) is 25.0 Å². The van der Waals surface area contributed by atoms with E-state index in [1.54, 1.807) is 0 Å². The van der Waals surface area contributed by atoms with Crippen LogP contribution < -0.4 is 10.2 Å². The van der Waals surface area contributed by atoms with Crippen LogP contribution in [-0.2, 0) is 4.79 Å². The van der Waals surface area contributed by atoms with E-state index in [0.29, 0.717) is 0 Å². The third-order valence-electron chi connectivity index (χ3n) is 3.72. The molecule has 1 aromatic rings. The van der Waals surface area contributed by atoms with E-state index in [0.717, 1.165) is 13.1 Å². The molecular formula is C14H20N2O. The molecule has 0 spiro atoms. The number of hydrogen-bond acceptors (Lipinski definition) is 2. The standard InChI is InChI=1S/C14H20N2O/c1-10-6-5-7-12(11(10)2)16-9-8-15-13(17)14(16,3)4/h5-7H,8-9H2,1-4H3,(H,15,17). The van der Waals surface area contributed by atoms with E-state index in [1.807, 2.05) is 13.8 Å². The molecule has 0 radical (unpaired) electrons. The molecule has 0 saturated carbocycles. The van der Waals surface area contributed by atoms with Gasteiger partial charge in [0, 0.05) is 18.8 Å². The Morgan fingerprint density at radius 1 is 1.29 bits per heavy atom. The molecule has 1 aliphatic heterocycles. The summed E-state index contributed by atoms with van der Waals surface area (Å²) in [7, 11) is 0. The number of carbonyl (C=O) groups is 1. The number of hydrogen-bond donors (Lipinski definition) is 1. The molecule has 0 aromatic heterocycles.